The van der Waals surface area contributed by atoms with Crippen LogP contribution in [0, 0.1) is 5.92 Å². The molecule has 37 heavy (non-hydrogen) atoms. The molecular weight excluding hydrogens is 474 g/mol. The monoisotopic (exact) mass is 519 g/mol. The van der Waals surface area contributed by atoms with Crippen LogP contribution < -0.4 is 10.6 Å². The molecule has 0 fully saturated rings. The largest absolute Gasteiger partial charge is 0.444 e. The Hall–Kier alpha value is -2.94. The van der Waals surface area contributed by atoms with Gasteiger partial charge in [0, 0.05) is 26.1 Å². The number of amides is 3. The summed E-state index contributed by atoms with van der Waals surface area (Å²) in [6, 6.07) is 7.42. The van der Waals surface area contributed by atoms with Crippen molar-refractivity contribution in [3.05, 3.63) is 35.9 Å². The molecule has 9 nitrogen and oxygen atoms in total. The average molecular weight is 520 g/mol. The number of rotatable bonds is 16. The number of alkyl carbamates (subject to hydrolysis) is 1. The third-order valence-corrected chi connectivity index (χ3v) is 5.99. The molecule has 0 radical (unpaired) electrons. The highest BCUT2D eigenvalue weighted by molar-refractivity contribution is 5.89. The summed E-state index contributed by atoms with van der Waals surface area (Å²) in [5, 5.41) is 15.0. The summed E-state index contributed by atoms with van der Waals surface area (Å²) >= 11 is 0. The lowest BCUT2D eigenvalue weighted by Gasteiger charge is -2.34. The van der Waals surface area contributed by atoms with E-state index in [0.29, 0.717) is 37.8 Å². The van der Waals surface area contributed by atoms with Crippen LogP contribution in [0.1, 0.15) is 84.7 Å². The van der Waals surface area contributed by atoms with E-state index in [0.717, 1.165) is 12.7 Å². The second-order valence-electron chi connectivity index (χ2n) is 10.3. The molecule has 3 N–H and O–H groups in total. The normalized spacial score (nSPS) is 13.7. The van der Waals surface area contributed by atoms with Gasteiger partial charge in [-0.1, -0.05) is 57.0 Å². The maximum Gasteiger partial charge on any atom is 0.407 e. The molecule has 9 heteroatoms. The van der Waals surface area contributed by atoms with E-state index < -0.39 is 23.8 Å². The van der Waals surface area contributed by atoms with E-state index in [9.17, 15) is 24.3 Å². The van der Waals surface area contributed by atoms with Gasteiger partial charge in [-0.25, -0.2) is 4.79 Å². The van der Waals surface area contributed by atoms with Gasteiger partial charge in [0.15, 0.2) is 0 Å². The van der Waals surface area contributed by atoms with Crippen LogP contribution in [-0.2, 0) is 19.1 Å². The first kappa shape index (κ1) is 32.1. The van der Waals surface area contributed by atoms with Crippen molar-refractivity contribution in [2.45, 2.75) is 90.8 Å². The number of carbonyl (C=O) groups is 4. The molecule has 0 aliphatic heterocycles. The smallest absolute Gasteiger partial charge is 0.407 e. The first-order valence-electron chi connectivity index (χ1n) is 13.2. The van der Waals surface area contributed by atoms with Crippen molar-refractivity contribution in [1.82, 2.24) is 15.5 Å². The summed E-state index contributed by atoms with van der Waals surface area (Å²) in [6.45, 7) is 9.78. The van der Waals surface area contributed by atoms with Crippen molar-refractivity contribution >= 4 is 24.2 Å². The minimum absolute atomic E-state index is 0.118. The predicted octanol–water partition coefficient (Wildman–Crippen LogP) is 3.75. The molecule has 0 saturated carbocycles. The molecule has 0 spiro atoms. The molecule has 0 aromatic heterocycles. The third-order valence-electron chi connectivity index (χ3n) is 5.99. The molecule has 0 saturated heterocycles. The average Bonchev–Trinajstić information content (AvgIpc) is 2.85. The number of nitrogens with one attached hydrogen (secondary N) is 2. The molecular formula is C28H45N3O6. The van der Waals surface area contributed by atoms with Gasteiger partial charge in [-0.3, -0.25) is 9.59 Å². The van der Waals surface area contributed by atoms with E-state index in [2.05, 4.69) is 10.6 Å². The summed E-state index contributed by atoms with van der Waals surface area (Å²) in [4.78, 5) is 51.6. The fourth-order valence-electron chi connectivity index (χ4n) is 3.81. The van der Waals surface area contributed by atoms with E-state index >= 15 is 0 Å². The van der Waals surface area contributed by atoms with Gasteiger partial charge in [0.1, 0.15) is 24.0 Å². The SMILES string of the molecule is CCC(C)C(NC(=O)CCCCCNC(=O)OC(C)(C)C)C(=O)N(CCCO)C(C=O)c1ccccc1. The second kappa shape index (κ2) is 16.7. The minimum atomic E-state index is -0.804. The van der Waals surface area contributed by atoms with E-state index in [1.807, 2.05) is 19.9 Å². The number of carbonyl (C=O) groups excluding carboxylic acids is 4. The van der Waals surface area contributed by atoms with Crippen LogP contribution in [0.4, 0.5) is 4.79 Å². The lowest BCUT2D eigenvalue weighted by Crippen LogP contribution is -2.53. The highest BCUT2D eigenvalue weighted by atomic mass is 16.6. The molecule has 208 valence electrons. The van der Waals surface area contributed by atoms with Gasteiger partial charge in [0.05, 0.1) is 0 Å². The molecule has 0 bridgehead atoms. The van der Waals surface area contributed by atoms with Crippen molar-refractivity contribution in [2.75, 3.05) is 19.7 Å². The van der Waals surface area contributed by atoms with Gasteiger partial charge in [-0.15, -0.1) is 0 Å². The first-order valence-corrected chi connectivity index (χ1v) is 13.2. The van der Waals surface area contributed by atoms with Crippen molar-refractivity contribution in [3.8, 4) is 0 Å². The van der Waals surface area contributed by atoms with Gasteiger partial charge in [0.25, 0.3) is 0 Å². The topological polar surface area (TPSA) is 125 Å². The van der Waals surface area contributed by atoms with Crippen molar-refractivity contribution < 1.29 is 29.0 Å². The Morgan fingerprint density at radius 1 is 1.08 bits per heavy atom. The summed E-state index contributed by atoms with van der Waals surface area (Å²) in [5.74, 6) is -0.712. The highest BCUT2D eigenvalue weighted by Crippen LogP contribution is 2.22. The molecule has 0 heterocycles. The number of aliphatic hydroxyl groups excluding tert-OH is 1. The molecule has 1 rings (SSSR count). The van der Waals surface area contributed by atoms with Crippen molar-refractivity contribution in [3.63, 3.8) is 0 Å². The number of benzene rings is 1. The van der Waals surface area contributed by atoms with Crippen LogP contribution in [0.5, 0.6) is 0 Å². The molecule has 0 aliphatic rings. The van der Waals surface area contributed by atoms with Crippen LogP contribution >= 0.6 is 0 Å². The summed E-state index contributed by atoms with van der Waals surface area (Å²) in [6.07, 6.45) is 3.54. The van der Waals surface area contributed by atoms with Crippen molar-refractivity contribution in [1.29, 1.82) is 0 Å². The van der Waals surface area contributed by atoms with E-state index in [1.165, 1.54) is 4.90 Å². The van der Waals surface area contributed by atoms with Crippen molar-refractivity contribution in [2.24, 2.45) is 5.92 Å². The number of aldehydes is 1. The maximum atomic E-state index is 13.7. The Bertz CT molecular complexity index is 840. The zero-order chi connectivity index (χ0) is 27.8. The van der Waals surface area contributed by atoms with Crippen LogP contribution in [0.2, 0.25) is 0 Å². The van der Waals surface area contributed by atoms with Gasteiger partial charge < -0.3 is 30.2 Å². The van der Waals surface area contributed by atoms with E-state index in [1.54, 1.807) is 45.0 Å². The van der Waals surface area contributed by atoms with Crippen LogP contribution in [0.25, 0.3) is 0 Å². The Kier molecular flexibility index (Phi) is 14.5. The summed E-state index contributed by atoms with van der Waals surface area (Å²) < 4.78 is 5.19. The zero-order valence-corrected chi connectivity index (χ0v) is 23.0. The number of aliphatic hydroxyl groups is 1. The van der Waals surface area contributed by atoms with Gasteiger partial charge in [0.2, 0.25) is 11.8 Å². The Morgan fingerprint density at radius 2 is 1.76 bits per heavy atom. The lowest BCUT2D eigenvalue weighted by molar-refractivity contribution is -0.142. The highest BCUT2D eigenvalue weighted by Gasteiger charge is 2.33. The molecule has 1 aromatic rings. The quantitative estimate of drug-likeness (QED) is 0.226. The third kappa shape index (κ3) is 12.2. The molecule has 3 amide bonds. The first-order chi connectivity index (χ1) is 17.5. The lowest BCUT2D eigenvalue weighted by atomic mass is 9.95. The number of ether oxygens (including phenoxy) is 1. The fraction of sp³-hybridized carbons (Fsp3) is 0.643. The Balaban J connectivity index is 2.74. The van der Waals surface area contributed by atoms with Crippen LogP contribution in [0.3, 0.4) is 0 Å². The Labute approximate surface area is 221 Å². The number of unbranched alkanes of at least 4 members (excludes halogenated alkanes) is 2. The molecule has 1 aromatic carbocycles. The summed E-state index contributed by atoms with van der Waals surface area (Å²) in [7, 11) is 0. The number of hydrogen-bond acceptors (Lipinski definition) is 6. The Morgan fingerprint density at radius 3 is 2.32 bits per heavy atom. The number of hydrogen-bond donors (Lipinski definition) is 3. The maximum absolute atomic E-state index is 13.7. The van der Waals surface area contributed by atoms with Gasteiger partial charge in [-0.2, -0.15) is 0 Å². The standard InChI is InChI=1S/C28H45N3O6/c1-6-21(2)25(30-24(34)16-11-8-12-17-29-27(36)37-28(3,4)5)26(35)31(18-13-19-32)23(20-33)22-14-9-7-10-15-22/h7,9-10,14-15,20-21,23,25,32H,6,8,11-13,16-19H2,1-5H3,(H,29,36)(H,30,34). The molecule has 3 atom stereocenters. The van der Waals surface area contributed by atoms with E-state index in [4.69, 9.17) is 4.74 Å². The minimum Gasteiger partial charge on any atom is -0.444 e. The van der Waals surface area contributed by atoms with Gasteiger partial charge >= 0.3 is 6.09 Å². The van der Waals surface area contributed by atoms with E-state index in [-0.39, 0.29) is 37.3 Å². The second-order valence-corrected chi connectivity index (χ2v) is 10.3. The predicted molar refractivity (Wildman–Crippen MR) is 143 cm³/mol. The van der Waals surface area contributed by atoms with Crippen LogP contribution in [0.15, 0.2) is 30.3 Å². The summed E-state index contributed by atoms with van der Waals surface area (Å²) in [5.41, 5.74) is 0.129. The number of nitrogens with zero attached hydrogens (tertiary/aromatic N) is 1. The molecule has 0 aliphatic carbocycles. The zero-order valence-electron chi connectivity index (χ0n) is 23.0. The van der Waals surface area contributed by atoms with Crippen LogP contribution in [-0.4, -0.2) is 65.5 Å². The van der Waals surface area contributed by atoms with Gasteiger partial charge in [-0.05, 0) is 51.5 Å². The fourth-order valence-corrected chi connectivity index (χ4v) is 3.81. The molecule has 3 unspecified atom stereocenters.